The number of aromatic amines is 1. The van der Waals surface area contributed by atoms with E-state index in [-0.39, 0.29) is 22.6 Å². The lowest BCUT2D eigenvalue weighted by Gasteiger charge is -2.29. The highest BCUT2D eigenvalue weighted by Crippen LogP contribution is 2.39. The van der Waals surface area contributed by atoms with Crippen LogP contribution in [-0.4, -0.2) is 67.8 Å². The zero-order valence-corrected chi connectivity index (χ0v) is 21.4. The summed E-state index contributed by atoms with van der Waals surface area (Å²) in [5, 5.41) is 0.808. The van der Waals surface area contributed by atoms with Gasteiger partial charge in [-0.3, -0.25) is 9.69 Å². The molecule has 8 nitrogen and oxygen atoms in total. The maximum absolute atomic E-state index is 14.0. The van der Waals surface area contributed by atoms with Crippen LogP contribution >= 0.6 is 0 Å². The van der Waals surface area contributed by atoms with Gasteiger partial charge in [-0.15, -0.1) is 0 Å². The standard InChI is InChI=1S/C26H33N3O5S/c1-18-13-20-21(27-22-15-26(2,3)16-23(30)25(20)22)14-24(18)35(31,32)29(17-19-5-4-10-34-19)7-6-28-8-11-33-12-9-28/h4-5,10,13-14,27H,6-9,11-12,15-17H2,1-3H3. The molecule has 2 aliphatic rings. The molecule has 1 aliphatic carbocycles. The van der Waals surface area contributed by atoms with E-state index in [9.17, 15) is 13.2 Å². The number of sulfonamides is 1. The fourth-order valence-corrected chi connectivity index (χ4v) is 6.89. The normalized spacial score (nSPS) is 18.9. The van der Waals surface area contributed by atoms with Gasteiger partial charge < -0.3 is 14.1 Å². The summed E-state index contributed by atoms with van der Waals surface area (Å²) in [5.74, 6) is 0.708. The largest absolute Gasteiger partial charge is 0.468 e. The van der Waals surface area contributed by atoms with Gasteiger partial charge in [0, 0.05) is 54.8 Å². The zero-order valence-electron chi connectivity index (χ0n) is 20.6. The van der Waals surface area contributed by atoms with Crippen molar-refractivity contribution in [1.29, 1.82) is 0 Å². The van der Waals surface area contributed by atoms with Crippen molar-refractivity contribution in [2.45, 2.75) is 45.1 Å². The van der Waals surface area contributed by atoms with Crippen LogP contribution in [0.25, 0.3) is 10.9 Å². The number of hydrogen-bond donors (Lipinski definition) is 1. The molecule has 9 heteroatoms. The van der Waals surface area contributed by atoms with E-state index in [1.165, 1.54) is 4.31 Å². The van der Waals surface area contributed by atoms with Gasteiger partial charge in [0.1, 0.15) is 5.76 Å². The number of aryl methyl sites for hydroxylation is 1. The van der Waals surface area contributed by atoms with Crippen molar-refractivity contribution in [3.8, 4) is 0 Å². The SMILES string of the molecule is Cc1cc2c3c([nH]c2cc1S(=O)(=O)N(CCN1CCOCC1)Cc1ccco1)CC(C)(C)CC3=O. The number of fused-ring (bicyclic) bond motifs is 3. The van der Waals surface area contributed by atoms with Crippen LogP contribution in [0.15, 0.2) is 39.8 Å². The molecular weight excluding hydrogens is 466 g/mol. The number of H-pyrrole nitrogens is 1. The molecule has 1 aromatic carbocycles. The van der Waals surface area contributed by atoms with E-state index < -0.39 is 10.0 Å². The number of nitrogens with one attached hydrogen (secondary N) is 1. The molecule has 1 N–H and O–H groups in total. The number of morpholine rings is 1. The summed E-state index contributed by atoms with van der Waals surface area (Å²) in [4.78, 5) is 18.8. The Morgan fingerprint density at radius 2 is 1.94 bits per heavy atom. The monoisotopic (exact) mass is 499 g/mol. The molecule has 5 rings (SSSR count). The van der Waals surface area contributed by atoms with Crippen LogP contribution in [0.2, 0.25) is 0 Å². The number of ether oxygens (including phenoxy) is 1. The van der Waals surface area contributed by atoms with Gasteiger partial charge >= 0.3 is 0 Å². The predicted octanol–water partition coefficient (Wildman–Crippen LogP) is 3.75. The second-order valence-electron chi connectivity index (χ2n) is 10.5. The number of benzene rings is 1. The third kappa shape index (κ3) is 4.82. The molecule has 3 aromatic rings. The van der Waals surface area contributed by atoms with Gasteiger partial charge in [-0.2, -0.15) is 4.31 Å². The zero-order chi connectivity index (χ0) is 24.8. The van der Waals surface area contributed by atoms with E-state index >= 15 is 0 Å². The highest BCUT2D eigenvalue weighted by molar-refractivity contribution is 7.89. The summed E-state index contributed by atoms with van der Waals surface area (Å²) in [6, 6.07) is 7.10. The van der Waals surface area contributed by atoms with E-state index in [2.05, 4.69) is 23.7 Å². The summed E-state index contributed by atoms with van der Waals surface area (Å²) in [5.41, 5.74) is 2.82. The predicted molar refractivity (Wildman–Crippen MR) is 133 cm³/mol. The molecule has 1 aliphatic heterocycles. The van der Waals surface area contributed by atoms with E-state index in [1.54, 1.807) is 31.4 Å². The summed E-state index contributed by atoms with van der Waals surface area (Å²) in [6.07, 6.45) is 2.81. The van der Waals surface area contributed by atoms with Gasteiger partial charge in [0.05, 0.1) is 30.9 Å². The summed E-state index contributed by atoms with van der Waals surface area (Å²) >= 11 is 0. The van der Waals surface area contributed by atoms with E-state index in [0.717, 1.165) is 30.6 Å². The maximum Gasteiger partial charge on any atom is 0.243 e. The molecule has 1 fully saturated rings. The molecule has 188 valence electrons. The summed E-state index contributed by atoms with van der Waals surface area (Å²) in [7, 11) is -3.83. The van der Waals surface area contributed by atoms with Crippen LogP contribution in [0.4, 0.5) is 0 Å². The average molecular weight is 500 g/mol. The Hall–Kier alpha value is -2.46. The molecule has 1 saturated heterocycles. The Labute approximate surface area is 206 Å². The third-order valence-electron chi connectivity index (χ3n) is 7.04. The van der Waals surface area contributed by atoms with Crippen LogP contribution in [0.3, 0.4) is 0 Å². The van der Waals surface area contributed by atoms with E-state index in [4.69, 9.17) is 9.15 Å². The lowest BCUT2D eigenvalue weighted by atomic mass is 9.76. The van der Waals surface area contributed by atoms with Crippen LogP contribution in [0.5, 0.6) is 0 Å². The van der Waals surface area contributed by atoms with Crippen molar-refractivity contribution in [3.63, 3.8) is 0 Å². The van der Waals surface area contributed by atoms with Crippen LogP contribution in [0, 0.1) is 12.3 Å². The van der Waals surface area contributed by atoms with Crippen molar-refractivity contribution >= 4 is 26.7 Å². The topological polar surface area (TPSA) is 95.8 Å². The number of carbonyl (C=O) groups excluding carboxylic acids is 1. The highest BCUT2D eigenvalue weighted by atomic mass is 32.2. The summed E-state index contributed by atoms with van der Waals surface area (Å²) < 4.78 is 40.3. The van der Waals surface area contributed by atoms with Crippen molar-refractivity contribution in [3.05, 3.63) is 53.1 Å². The van der Waals surface area contributed by atoms with Gasteiger partial charge in [-0.25, -0.2) is 8.42 Å². The van der Waals surface area contributed by atoms with Gasteiger partial charge in [-0.1, -0.05) is 13.8 Å². The summed E-state index contributed by atoms with van der Waals surface area (Å²) in [6.45, 7) is 9.99. The second-order valence-corrected chi connectivity index (χ2v) is 12.4. The van der Waals surface area contributed by atoms with Crippen molar-refractivity contribution in [2.75, 3.05) is 39.4 Å². The first-order valence-corrected chi connectivity index (χ1v) is 13.6. The Kier molecular flexibility index (Phi) is 6.37. The van der Waals surface area contributed by atoms with Gasteiger partial charge in [-0.05, 0) is 48.6 Å². The van der Waals surface area contributed by atoms with Gasteiger partial charge in [0.2, 0.25) is 10.0 Å². The number of nitrogens with zero attached hydrogens (tertiary/aromatic N) is 2. The van der Waals surface area contributed by atoms with E-state index in [0.29, 0.717) is 55.1 Å². The second kappa shape index (κ2) is 9.20. The molecular formula is C26H33N3O5S. The third-order valence-corrected chi connectivity index (χ3v) is 9.03. The van der Waals surface area contributed by atoms with Crippen molar-refractivity contribution in [1.82, 2.24) is 14.2 Å². The minimum atomic E-state index is -3.83. The highest BCUT2D eigenvalue weighted by Gasteiger charge is 2.35. The number of aromatic nitrogens is 1. The number of hydrogen-bond acceptors (Lipinski definition) is 6. The molecule has 2 aromatic heterocycles. The fraction of sp³-hybridized carbons (Fsp3) is 0.500. The smallest absolute Gasteiger partial charge is 0.243 e. The quantitative estimate of drug-likeness (QED) is 0.532. The molecule has 0 bridgehead atoms. The molecule has 0 spiro atoms. The molecule has 3 heterocycles. The fourth-order valence-electron chi connectivity index (χ4n) is 5.26. The first kappa shape index (κ1) is 24.2. The molecule has 0 amide bonds. The minimum absolute atomic E-state index is 0.113. The number of Topliss-reactive ketones (excluding diaryl/α,β-unsaturated/α-hetero) is 1. The molecule has 35 heavy (non-hydrogen) atoms. The Balaban J connectivity index is 1.50. The Bertz CT molecular complexity index is 1330. The first-order chi connectivity index (χ1) is 16.6. The van der Waals surface area contributed by atoms with Crippen molar-refractivity contribution in [2.24, 2.45) is 5.41 Å². The van der Waals surface area contributed by atoms with Gasteiger partial charge in [0.25, 0.3) is 0 Å². The Morgan fingerprint density at radius 1 is 1.17 bits per heavy atom. The van der Waals surface area contributed by atoms with Crippen LogP contribution in [-0.2, 0) is 27.7 Å². The minimum Gasteiger partial charge on any atom is -0.468 e. The lowest BCUT2D eigenvalue weighted by molar-refractivity contribution is 0.0360. The Morgan fingerprint density at radius 3 is 2.66 bits per heavy atom. The molecule has 0 unspecified atom stereocenters. The number of furan rings is 1. The molecule has 0 atom stereocenters. The van der Waals surface area contributed by atoms with E-state index in [1.807, 2.05) is 6.07 Å². The molecule has 0 saturated carbocycles. The number of carbonyl (C=O) groups is 1. The van der Waals surface area contributed by atoms with Crippen molar-refractivity contribution < 1.29 is 22.4 Å². The van der Waals surface area contributed by atoms with Crippen LogP contribution in [0.1, 0.15) is 47.6 Å². The maximum atomic E-state index is 14.0. The van der Waals surface area contributed by atoms with Gasteiger partial charge in [0.15, 0.2) is 5.78 Å². The molecule has 0 radical (unpaired) electrons. The van der Waals surface area contributed by atoms with Crippen LogP contribution < -0.4 is 0 Å². The lowest BCUT2D eigenvalue weighted by Crippen LogP contribution is -2.42. The average Bonchev–Trinajstić information content (AvgIpc) is 3.42. The number of rotatable bonds is 7. The number of ketones is 1. The first-order valence-electron chi connectivity index (χ1n) is 12.2.